The second-order valence-electron chi connectivity index (χ2n) is 5.37. The quantitative estimate of drug-likeness (QED) is 0.919. The van der Waals surface area contributed by atoms with Gasteiger partial charge in [0.2, 0.25) is 0 Å². The van der Waals surface area contributed by atoms with Crippen LogP contribution in [0.1, 0.15) is 30.3 Å². The molecule has 6 nitrogen and oxygen atoms in total. The molecule has 1 aromatic carbocycles. The summed E-state index contributed by atoms with van der Waals surface area (Å²) in [6.07, 6.45) is 5.51. The van der Waals surface area contributed by atoms with Crippen LogP contribution in [0.15, 0.2) is 36.7 Å². The molecule has 3 rings (SSSR count). The Morgan fingerprint density at radius 1 is 1.22 bits per heavy atom. The molecule has 1 fully saturated rings. The number of hydrogen-bond acceptors (Lipinski definition) is 5. The van der Waals surface area contributed by atoms with Gasteiger partial charge in [0.15, 0.2) is 0 Å². The van der Waals surface area contributed by atoms with Gasteiger partial charge in [-0.3, -0.25) is 9.78 Å². The lowest BCUT2D eigenvalue weighted by Crippen LogP contribution is -2.21. The zero-order valence-corrected chi connectivity index (χ0v) is 13.2. The van der Waals surface area contributed by atoms with Crippen LogP contribution in [0.5, 0.6) is 5.75 Å². The third kappa shape index (κ3) is 3.77. The number of hydrogen-bond donors (Lipinski definition) is 1. The number of benzene rings is 1. The van der Waals surface area contributed by atoms with Crippen LogP contribution in [0.4, 0.5) is 11.5 Å². The molecule has 1 saturated heterocycles. The first-order valence-electron chi connectivity index (χ1n) is 7.87. The molecule has 2 aromatic rings. The lowest BCUT2D eigenvalue weighted by Gasteiger charge is -2.16. The lowest BCUT2D eigenvalue weighted by molar-refractivity contribution is 0.102. The number of nitrogens with zero attached hydrogens (tertiary/aromatic N) is 3. The molecule has 6 heteroatoms. The fraction of sp³-hybridized carbons (Fsp3) is 0.353. The number of ether oxygens (including phenoxy) is 1. The van der Waals surface area contributed by atoms with E-state index in [1.165, 1.54) is 6.20 Å². The van der Waals surface area contributed by atoms with E-state index in [1.54, 1.807) is 18.3 Å². The first-order chi connectivity index (χ1) is 11.3. The zero-order chi connectivity index (χ0) is 16.1. The van der Waals surface area contributed by atoms with Crippen LogP contribution in [-0.2, 0) is 0 Å². The Morgan fingerprint density at radius 2 is 1.96 bits per heavy atom. The van der Waals surface area contributed by atoms with Gasteiger partial charge in [0.05, 0.1) is 19.0 Å². The maximum absolute atomic E-state index is 12.3. The van der Waals surface area contributed by atoms with Crippen molar-refractivity contribution in [2.24, 2.45) is 0 Å². The van der Waals surface area contributed by atoms with E-state index in [2.05, 4.69) is 20.2 Å². The van der Waals surface area contributed by atoms with Crippen molar-refractivity contribution in [2.75, 3.05) is 29.9 Å². The number of aromatic nitrogens is 2. The Morgan fingerprint density at radius 3 is 2.65 bits per heavy atom. The van der Waals surface area contributed by atoms with Gasteiger partial charge in [-0.25, -0.2) is 4.98 Å². The summed E-state index contributed by atoms with van der Waals surface area (Å²) in [5.41, 5.74) is 1.02. The smallest absolute Gasteiger partial charge is 0.275 e. The zero-order valence-electron chi connectivity index (χ0n) is 13.2. The molecule has 1 aromatic heterocycles. The Bertz CT molecular complexity index is 667. The number of amides is 1. The average Bonchev–Trinajstić information content (AvgIpc) is 3.12. The van der Waals surface area contributed by atoms with E-state index in [4.69, 9.17) is 4.74 Å². The van der Waals surface area contributed by atoms with Crippen molar-refractivity contribution in [3.63, 3.8) is 0 Å². The second-order valence-corrected chi connectivity index (χ2v) is 5.37. The van der Waals surface area contributed by atoms with E-state index in [0.29, 0.717) is 18.0 Å². The van der Waals surface area contributed by atoms with Crippen LogP contribution in [0.2, 0.25) is 0 Å². The third-order valence-corrected chi connectivity index (χ3v) is 3.71. The Hall–Kier alpha value is -2.63. The number of rotatable bonds is 5. The molecule has 1 amide bonds. The fourth-order valence-corrected chi connectivity index (χ4v) is 2.56. The van der Waals surface area contributed by atoms with Gasteiger partial charge in [-0.1, -0.05) is 0 Å². The minimum atomic E-state index is -0.261. The Balaban J connectivity index is 1.69. The highest BCUT2D eigenvalue weighted by atomic mass is 16.5. The minimum Gasteiger partial charge on any atom is -0.494 e. The molecule has 1 aliphatic rings. The van der Waals surface area contributed by atoms with E-state index in [1.807, 2.05) is 19.1 Å². The standard InChI is InChI=1S/C17H20N4O2/c1-2-23-14-7-5-13(6-8-14)19-17(22)15-11-18-12-16(20-15)21-9-3-4-10-21/h5-8,11-12H,2-4,9-10H2,1H3,(H,19,22). The average molecular weight is 312 g/mol. The summed E-state index contributed by atoms with van der Waals surface area (Å²) in [5, 5.41) is 2.83. The Labute approximate surface area is 135 Å². The summed E-state index contributed by atoms with van der Waals surface area (Å²) in [7, 11) is 0. The summed E-state index contributed by atoms with van der Waals surface area (Å²) in [4.78, 5) is 23.1. The van der Waals surface area contributed by atoms with Crippen molar-refractivity contribution in [2.45, 2.75) is 19.8 Å². The molecule has 0 bridgehead atoms. The van der Waals surface area contributed by atoms with Gasteiger partial charge in [0.1, 0.15) is 17.3 Å². The summed E-state index contributed by atoms with van der Waals surface area (Å²) in [6.45, 7) is 4.49. The molecule has 1 N–H and O–H groups in total. The van der Waals surface area contributed by atoms with Gasteiger partial charge in [0, 0.05) is 18.8 Å². The van der Waals surface area contributed by atoms with Crippen LogP contribution >= 0.6 is 0 Å². The largest absolute Gasteiger partial charge is 0.494 e. The molecule has 0 saturated carbocycles. The van der Waals surface area contributed by atoms with E-state index in [0.717, 1.165) is 37.5 Å². The highest BCUT2D eigenvalue weighted by Gasteiger charge is 2.16. The van der Waals surface area contributed by atoms with Crippen molar-refractivity contribution >= 4 is 17.4 Å². The van der Waals surface area contributed by atoms with Crippen LogP contribution in [0, 0.1) is 0 Å². The van der Waals surface area contributed by atoms with Crippen molar-refractivity contribution in [3.8, 4) is 5.75 Å². The number of nitrogens with one attached hydrogen (secondary N) is 1. The summed E-state index contributed by atoms with van der Waals surface area (Å²) < 4.78 is 5.38. The highest BCUT2D eigenvalue weighted by molar-refractivity contribution is 6.02. The maximum Gasteiger partial charge on any atom is 0.275 e. The van der Waals surface area contributed by atoms with Crippen LogP contribution in [-0.4, -0.2) is 35.6 Å². The van der Waals surface area contributed by atoms with E-state index >= 15 is 0 Å². The molecular formula is C17H20N4O2. The van der Waals surface area contributed by atoms with Crippen LogP contribution in [0.3, 0.4) is 0 Å². The topological polar surface area (TPSA) is 67.3 Å². The maximum atomic E-state index is 12.3. The molecule has 0 radical (unpaired) electrons. The van der Waals surface area contributed by atoms with Gasteiger partial charge in [0.25, 0.3) is 5.91 Å². The molecule has 23 heavy (non-hydrogen) atoms. The predicted molar refractivity (Wildman–Crippen MR) is 89.0 cm³/mol. The Kier molecular flexibility index (Phi) is 4.71. The monoisotopic (exact) mass is 312 g/mol. The van der Waals surface area contributed by atoms with Gasteiger partial charge >= 0.3 is 0 Å². The van der Waals surface area contributed by atoms with Crippen molar-refractivity contribution in [1.82, 2.24) is 9.97 Å². The first-order valence-corrected chi connectivity index (χ1v) is 7.87. The molecule has 1 aliphatic heterocycles. The van der Waals surface area contributed by atoms with Crippen molar-refractivity contribution in [1.29, 1.82) is 0 Å². The third-order valence-electron chi connectivity index (χ3n) is 3.71. The van der Waals surface area contributed by atoms with Crippen LogP contribution in [0.25, 0.3) is 0 Å². The number of carbonyl (C=O) groups excluding carboxylic acids is 1. The van der Waals surface area contributed by atoms with Gasteiger partial charge < -0.3 is 15.0 Å². The molecule has 0 atom stereocenters. The fourth-order valence-electron chi connectivity index (χ4n) is 2.56. The summed E-state index contributed by atoms with van der Waals surface area (Å²) in [6, 6.07) is 7.26. The lowest BCUT2D eigenvalue weighted by atomic mass is 10.3. The minimum absolute atomic E-state index is 0.261. The SMILES string of the molecule is CCOc1ccc(NC(=O)c2cncc(N3CCCC3)n2)cc1. The predicted octanol–water partition coefficient (Wildman–Crippen LogP) is 2.73. The molecule has 120 valence electrons. The van der Waals surface area contributed by atoms with E-state index in [9.17, 15) is 4.79 Å². The van der Waals surface area contributed by atoms with E-state index in [-0.39, 0.29) is 5.91 Å². The molecule has 0 aliphatic carbocycles. The summed E-state index contributed by atoms with van der Waals surface area (Å²) in [5.74, 6) is 1.28. The molecule has 0 spiro atoms. The van der Waals surface area contributed by atoms with Gasteiger partial charge in [-0.15, -0.1) is 0 Å². The van der Waals surface area contributed by atoms with Gasteiger partial charge in [-0.05, 0) is 44.0 Å². The highest BCUT2D eigenvalue weighted by Crippen LogP contribution is 2.18. The second kappa shape index (κ2) is 7.09. The number of carbonyl (C=O) groups is 1. The normalized spacial score (nSPS) is 13.9. The molecule has 0 unspecified atom stereocenters. The van der Waals surface area contributed by atoms with Crippen molar-refractivity contribution in [3.05, 3.63) is 42.4 Å². The van der Waals surface area contributed by atoms with Crippen LogP contribution < -0.4 is 15.0 Å². The molecule has 2 heterocycles. The molecular weight excluding hydrogens is 292 g/mol. The number of anilines is 2. The first kappa shape index (κ1) is 15.3. The van der Waals surface area contributed by atoms with Crippen molar-refractivity contribution < 1.29 is 9.53 Å². The summed E-state index contributed by atoms with van der Waals surface area (Å²) >= 11 is 0. The van der Waals surface area contributed by atoms with Gasteiger partial charge in [-0.2, -0.15) is 0 Å². The van der Waals surface area contributed by atoms with E-state index < -0.39 is 0 Å².